The van der Waals surface area contributed by atoms with Crippen molar-refractivity contribution in [1.29, 1.82) is 0 Å². The maximum Gasteiger partial charge on any atom is 0.0658 e. The monoisotopic (exact) mass is 153 g/mol. The number of nitrogens with one attached hydrogen (secondary N) is 1. The molecule has 0 spiro atoms. The lowest BCUT2D eigenvalue weighted by molar-refractivity contribution is 0.387. The van der Waals surface area contributed by atoms with Gasteiger partial charge in [-0.25, -0.2) is 0 Å². The number of hydrogen-bond donors (Lipinski definition) is 1. The zero-order chi connectivity index (χ0) is 8.85. The Balaban J connectivity index is 3.47. The lowest BCUT2D eigenvalue weighted by Crippen LogP contribution is -2.30. The standard InChI is InChI=1S/C10H19N/c1-6-10(5)11-7-9(4)8(2)3/h1,8-11H,7H2,2-5H3. The van der Waals surface area contributed by atoms with Crippen LogP contribution in [0, 0.1) is 24.2 Å². The Morgan fingerprint density at radius 1 is 1.27 bits per heavy atom. The topological polar surface area (TPSA) is 12.0 Å². The molecule has 1 nitrogen and oxygen atoms in total. The molecule has 0 radical (unpaired) electrons. The first-order valence-electron chi connectivity index (χ1n) is 4.27. The summed E-state index contributed by atoms with van der Waals surface area (Å²) in [7, 11) is 0. The molecule has 2 unspecified atom stereocenters. The van der Waals surface area contributed by atoms with Crippen LogP contribution in [0.15, 0.2) is 0 Å². The van der Waals surface area contributed by atoms with Gasteiger partial charge in [0.25, 0.3) is 0 Å². The summed E-state index contributed by atoms with van der Waals surface area (Å²) in [5.41, 5.74) is 0. The highest BCUT2D eigenvalue weighted by atomic mass is 14.9. The predicted molar refractivity (Wildman–Crippen MR) is 50.3 cm³/mol. The van der Waals surface area contributed by atoms with Crippen LogP contribution in [0.25, 0.3) is 0 Å². The van der Waals surface area contributed by atoms with E-state index < -0.39 is 0 Å². The summed E-state index contributed by atoms with van der Waals surface area (Å²) >= 11 is 0. The third-order valence-electron chi connectivity index (χ3n) is 2.13. The largest absolute Gasteiger partial charge is 0.304 e. The summed E-state index contributed by atoms with van der Waals surface area (Å²) in [6.45, 7) is 9.72. The summed E-state index contributed by atoms with van der Waals surface area (Å²) in [6, 6.07) is 0.205. The molecule has 2 atom stereocenters. The molecular weight excluding hydrogens is 134 g/mol. The highest BCUT2D eigenvalue weighted by Crippen LogP contribution is 2.07. The normalized spacial score (nSPS) is 16.0. The molecule has 0 saturated carbocycles. The van der Waals surface area contributed by atoms with Crippen LogP contribution in [0.5, 0.6) is 0 Å². The van der Waals surface area contributed by atoms with Gasteiger partial charge in [0.1, 0.15) is 0 Å². The van der Waals surface area contributed by atoms with E-state index in [2.05, 4.69) is 32.0 Å². The van der Waals surface area contributed by atoms with Gasteiger partial charge in [0.05, 0.1) is 6.04 Å². The van der Waals surface area contributed by atoms with Crippen molar-refractivity contribution >= 4 is 0 Å². The number of hydrogen-bond acceptors (Lipinski definition) is 1. The molecule has 0 aliphatic carbocycles. The molecule has 0 aromatic heterocycles. The first-order chi connectivity index (χ1) is 5.07. The summed E-state index contributed by atoms with van der Waals surface area (Å²) < 4.78 is 0. The van der Waals surface area contributed by atoms with Crippen LogP contribution in [0.4, 0.5) is 0 Å². The van der Waals surface area contributed by atoms with E-state index in [1.54, 1.807) is 0 Å². The van der Waals surface area contributed by atoms with E-state index >= 15 is 0 Å². The second-order valence-electron chi connectivity index (χ2n) is 3.52. The fourth-order valence-corrected chi connectivity index (χ4v) is 0.657. The molecular formula is C10H19N. The Bertz CT molecular complexity index is 132. The van der Waals surface area contributed by atoms with Crippen LogP contribution in [0.2, 0.25) is 0 Å². The average molecular weight is 153 g/mol. The molecule has 0 rings (SSSR count). The van der Waals surface area contributed by atoms with E-state index in [0.29, 0.717) is 5.92 Å². The van der Waals surface area contributed by atoms with Crippen molar-refractivity contribution in [3.63, 3.8) is 0 Å². The van der Waals surface area contributed by atoms with Gasteiger partial charge in [0, 0.05) is 0 Å². The summed E-state index contributed by atoms with van der Waals surface area (Å²) in [5.74, 6) is 4.08. The maximum atomic E-state index is 5.22. The molecule has 11 heavy (non-hydrogen) atoms. The Morgan fingerprint density at radius 2 is 1.82 bits per heavy atom. The van der Waals surface area contributed by atoms with Crippen LogP contribution >= 0.6 is 0 Å². The molecule has 0 amide bonds. The zero-order valence-electron chi connectivity index (χ0n) is 8.02. The Morgan fingerprint density at radius 3 is 2.18 bits per heavy atom. The van der Waals surface area contributed by atoms with Gasteiger partial charge in [-0.1, -0.05) is 26.7 Å². The van der Waals surface area contributed by atoms with Gasteiger partial charge in [0.15, 0.2) is 0 Å². The minimum Gasteiger partial charge on any atom is -0.304 e. The fraction of sp³-hybridized carbons (Fsp3) is 0.800. The van der Waals surface area contributed by atoms with Gasteiger partial charge in [0.2, 0.25) is 0 Å². The lowest BCUT2D eigenvalue weighted by Gasteiger charge is -2.17. The molecule has 1 N–H and O–H groups in total. The van der Waals surface area contributed by atoms with E-state index in [-0.39, 0.29) is 6.04 Å². The van der Waals surface area contributed by atoms with Crippen LogP contribution in [-0.2, 0) is 0 Å². The fourth-order valence-electron chi connectivity index (χ4n) is 0.657. The summed E-state index contributed by atoms with van der Waals surface area (Å²) in [4.78, 5) is 0. The van der Waals surface area contributed by atoms with Gasteiger partial charge in [-0.15, -0.1) is 6.42 Å². The average Bonchev–Trinajstić information content (AvgIpc) is 1.99. The van der Waals surface area contributed by atoms with Crippen molar-refractivity contribution in [2.45, 2.75) is 33.7 Å². The predicted octanol–water partition coefficient (Wildman–Crippen LogP) is 1.89. The second-order valence-corrected chi connectivity index (χ2v) is 3.52. The first-order valence-corrected chi connectivity index (χ1v) is 4.27. The molecule has 64 valence electrons. The van der Waals surface area contributed by atoms with Gasteiger partial charge in [-0.2, -0.15) is 0 Å². The molecule has 0 saturated heterocycles. The van der Waals surface area contributed by atoms with E-state index in [1.807, 2.05) is 6.92 Å². The number of terminal acetylenes is 1. The molecule has 0 aliphatic heterocycles. The van der Waals surface area contributed by atoms with E-state index in [0.717, 1.165) is 12.5 Å². The van der Waals surface area contributed by atoms with Crippen molar-refractivity contribution in [3.8, 4) is 12.3 Å². The zero-order valence-corrected chi connectivity index (χ0v) is 8.02. The van der Waals surface area contributed by atoms with E-state index in [4.69, 9.17) is 6.42 Å². The SMILES string of the molecule is C#CC(C)NCC(C)C(C)C. The summed E-state index contributed by atoms with van der Waals surface area (Å²) in [5, 5.41) is 3.28. The molecule has 0 fully saturated rings. The summed E-state index contributed by atoms with van der Waals surface area (Å²) in [6.07, 6.45) is 5.22. The van der Waals surface area contributed by atoms with Crippen LogP contribution in [-0.4, -0.2) is 12.6 Å². The molecule has 0 aromatic rings. The third kappa shape index (κ3) is 4.86. The second kappa shape index (κ2) is 5.21. The molecule has 0 heterocycles. The quantitative estimate of drug-likeness (QED) is 0.608. The highest BCUT2D eigenvalue weighted by Gasteiger charge is 2.06. The minimum atomic E-state index is 0.205. The van der Waals surface area contributed by atoms with Crippen LogP contribution in [0.3, 0.4) is 0 Å². The third-order valence-corrected chi connectivity index (χ3v) is 2.13. The molecule has 0 aliphatic rings. The lowest BCUT2D eigenvalue weighted by atomic mass is 9.98. The van der Waals surface area contributed by atoms with Crippen LogP contribution < -0.4 is 5.32 Å². The number of rotatable bonds is 4. The molecule has 0 bridgehead atoms. The first kappa shape index (κ1) is 10.5. The van der Waals surface area contributed by atoms with Gasteiger partial charge >= 0.3 is 0 Å². The van der Waals surface area contributed by atoms with Crippen molar-refractivity contribution in [2.24, 2.45) is 11.8 Å². The Hall–Kier alpha value is -0.480. The van der Waals surface area contributed by atoms with Crippen molar-refractivity contribution in [2.75, 3.05) is 6.54 Å². The van der Waals surface area contributed by atoms with Crippen molar-refractivity contribution < 1.29 is 0 Å². The van der Waals surface area contributed by atoms with E-state index in [1.165, 1.54) is 0 Å². The highest BCUT2D eigenvalue weighted by molar-refractivity contribution is 4.95. The van der Waals surface area contributed by atoms with E-state index in [9.17, 15) is 0 Å². The Kier molecular flexibility index (Phi) is 4.98. The smallest absolute Gasteiger partial charge is 0.0658 e. The van der Waals surface area contributed by atoms with Gasteiger partial charge in [-0.05, 0) is 25.3 Å². The van der Waals surface area contributed by atoms with Gasteiger partial charge in [-0.3, -0.25) is 0 Å². The van der Waals surface area contributed by atoms with Crippen molar-refractivity contribution in [3.05, 3.63) is 0 Å². The maximum absolute atomic E-state index is 5.22. The minimum absolute atomic E-state index is 0.205. The molecule has 1 heteroatoms. The molecule has 0 aromatic carbocycles. The van der Waals surface area contributed by atoms with Crippen molar-refractivity contribution in [1.82, 2.24) is 5.32 Å². The van der Waals surface area contributed by atoms with Gasteiger partial charge < -0.3 is 5.32 Å². The van der Waals surface area contributed by atoms with Crippen LogP contribution in [0.1, 0.15) is 27.7 Å². The Labute approximate surface area is 70.6 Å².